The number of carbonyl (C=O) groups excluding carboxylic acids is 1. The number of methoxy groups -OCH3 is 2. The average Bonchev–Trinajstić information content (AvgIpc) is 3.55. The van der Waals surface area contributed by atoms with Gasteiger partial charge in [-0.25, -0.2) is 4.68 Å². The zero-order valence-electron chi connectivity index (χ0n) is 18.1. The molecule has 1 aliphatic rings. The van der Waals surface area contributed by atoms with E-state index in [2.05, 4.69) is 5.32 Å². The molecule has 4 rings (SSSR count). The average molecular weight is 421 g/mol. The van der Waals surface area contributed by atoms with E-state index >= 15 is 0 Å². The van der Waals surface area contributed by atoms with E-state index in [1.165, 1.54) is 0 Å². The lowest BCUT2D eigenvalue weighted by Gasteiger charge is -2.12. The number of aryl methyl sites for hydroxylation is 1. The van der Waals surface area contributed by atoms with E-state index in [4.69, 9.17) is 19.3 Å². The summed E-state index contributed by atoms with van der Waals surface area (Å²) >= 11 is 0. The van der Waals surface area contributed by atoms with Crippen LogP contribution in [0.2, 0.25) is 0 Å². The van der Waals surface area contributed by atoms with Crippen LogP contribution in [0.5, 0.6) is 23.1 Å². The topological polar surface area (TPSA) is 74.6 Å². The van der Waals surface area contributed by atoms with Crippen molar-refractivity contribution in [3.8, 4) is 28.8 Å². The Balaban J connectivity index is 1.66. The molecule has 1 amide bonds. The number of hydrogen-bond donors (Lipinski definition) is 1. The summed E-state index contributed by atoms with van der Waals surface area (Å²) in [5.41, 5.74) is 2.58. The van der Waals surface area contributed by atoms with Crippen LogP contribution in [-0.4, -0.2) is 35.9 Å². The summed E-state index contributed by atoms with van der Waals surface area (Å²) in [7, 11) is 3.25. The van der Waals surface area contributed by atoms with Gasteiger partial charge >= 0.3 is 0 Å². The van der Waals surface area contributed by atoms with Gasteiger partial charge in [0.15, 0.2) is 0 Å². The Morgan fingerprint density at radius 3 is 2.45 bits per heavy atom. The van der Waals surface area contributed by atoms with Gasteiger partial charge in [-0.1, -0.05) is 6.07 Å². The number of aromatic nitrogens is 2. The SMILES string of the molecule is COc1ccc(-n2nc(C)c(CCC(=O)NC3CC3)c2Oc2cccc(OC)c2)cc1. The fourth-order valence-electron chi connectivity index (χ4n) is 3.37. The van der Waals surface area contributed by atoms with Crippen LogP contribution in [0, 0.1) is 6.92 Å². The quantitative estimate of drug-likeness (QED) is 0.560. The van der Waals surface area contributed by atoms with E-state index in [0.717, 1.165) is 35.5 Å². The van der Waals surface area contributed by atoms with Crippen LogP contribution >= 0.6 is 0 Å². The molecule has 0 aliphatic heterocycles. The van der Waals surface area contributed by atoms with Crippen LogP contribution in [-0.2, 0) is 11.2 Å². The molecule has 2 aromatic carbocycles. The van der Waals surface area contributed by atoms with Crippen molar-refractivity contribution in [3.63, 3.8) is 0 Å². The third-order valence-corrected chi connectivity index (χ3v) is 5.25. The van der Waals surface area contributed by atoms with Crippen LogP contribution < -0.4 is 19.5 Å². The minimum atomic E-state index is 0.0615. The highest BCUT2D eigenvalue weighted by atomic mass is 16.5. The second kappa shape index (κ2) is 9.12. The predicted octanol–water partition coefficient (Wildman–Crippen LogP) is 4.20. The van der Waals surface area contributed by atoms with Crippen molar-refractivity contribution in [1.29, 1.82) is 0 Å². The van der Waals surface area contributed by atoms with Gasteiger partial charge in [-0.05, 0) is 62.6 Å². The molecule has 1 fully saturated rings. The molecule has 7 heteroatoms. The van der Waals surface area contributed by atoms with Crippen molar-refractivity contribution in [2.24, 2.45) is 0 Å². The van der Waals surface area contributed by atoms with E-state index in [1.807, 2.05) is 55.5 Å². The van der Waals surface area contributed by atoms with Crippen LogP contribution in [0.15, 0.2) is 48.5 Å². The highest BCUT2D eigenvalue weighted by Gasteiger charge is 2.24. The van der Waals surface area contributed by atoms with E-state index < -0.39 is 0 Å². The number of amides is 1. The Bertz CT molecular complexity index is 1060. The summed E-state index contributed by atoms with van der Waals surface area (Å²) in [4.78, 5) is 12.3. The van der Waals surface area contributed by atoms with Crippen molar-refractivity contribution < 1.29 is 19.0 Å². The normalized spacial score (nSPS) is 13.0. The number of carbonyl (C=O) groups is 1. The summed E-state index contributed by atoms with van der Waals surface area (Å²) in [6.07, 6.45) is 3.08. The molecule has 1 saturated carbocycles. The third kappa shape index (κ3) is 4.99. The number of benzene rings is 2. The van der Waals surface area contributed by atoms with Gasteiger partial charge in [0.05, 0.1) is 25.6 Å². The van der Waals surface area contributed by atoms with Crippen LogP contribution in [0.4, 0.5) is 0 Å². The summed E-state index contributed by atoms with van der Waals surface area (Å²) < 4.78 is 18.7. The number of nitrogens with one attached hydrogen (secondary N) is 1. The molecule has 0 bridgehead atoms. The largest absolute Gasteiger partial charge is 0.497 e. The molecule has 0 atom stereocenters. The molecule has 0 unspecified atom stereocenters. The smallest absolute Gasteiger partial charge is 0.226 e. The zero-order chi connectivity index (χ0) is 21.8. The Labute approximate surface area is 181 Å². The first kappa shape index (κ1) is 20.8. The van der Waals surface area contributed by atoms with Crippen molar-refractivity contribution in [2.75, 3.05) is 14.2 Å². The van der Waals surface area contributed by atoms with Gasteiger partial charge in [-0.2, -0.15) is 5.10 Å². The highest BCUT2D eigenvalue weighted by Crippen LogP contribution is 2.33. The van der Waals surface area contributed by atoms with E-state index in [1.54, 1.807) is 18.9 Å². The number of hydrogen-bond acceptors (Lipinski definition) is 5. The van der Waals surface area contributed by atoms with E-state index in [0.29, 0.717) is 36.3 Å². The summed E-state index contributed by atoms with van der Waals surface area (Å²) in [6.45, 7) is 1.94. The van der Waals surface area contributed by atoms with Crippen LogP contribution in [0.1, 0.15) is 30.5 Å². The van der Waals surface area contributed by atoms with Crippen LogP contribution in [0.3, 0.4) is 0 Å². The van der Waals surface area contributed by atoms with Crippen molar-refractivity contribution in [1.82, 2.24) is 15.1 Å². The molecule has 1 heterocycles. The van der Waals surface area contributed by atoms with E-state index in [-0.39, 0.29) is 5.91 Å². The maximum absolute atomic E-state index is 12.3. The molecule has 31 heavy (non-hydrogen) atoms. The molecule has 0 spiro atoms. The molecule has 1 aromatic heterocycles. The second-order valence-corrected chi connectivity index (χ2v) is 7.60. The Kier molecular flexibility index (Phi) is 6.11. The number of nitrogens with zero attached hydrogens (tertiary/aromatic N) is 2. The van der Waals surface area contributed by atoms with Crippen molar-refractivity contribution in [2.45, 2.75) is 38.6 Å². The van der Waals surface area contributed by atoms with Gasteiger partial charge in [-0.3, -0.25) is 4.79 Å². The Morgan fingerprint density at radius 2 is 1.77 bits per heavy atom. The Morgan fingerprint density at radius 1 is 1.06 bits per heavy atom. The lowest BCUT2D eigenvalue weighted by atomic mass is 10.1. The van der Waals surface area contributed by atoms with Gasteiger partial charge in [0.2, 0.25) is 11.8 Å². The molecule has 3 aromatic rings. The van der Waals surface area contributed by atoms with Gasteiger partial charge in [0.1, 0.15) is 17.2 Å². The molecule has 1 N–H and O–H groups in total. The molecule has 1 aliphatic carbocycles. The maximum Gasteiger partial charge on any atom is 0.226 e. The minimum Gasteiger partial charge on any atom is -0.497 e. The molecular formula is C24H27N3O4. The zero-order valence-corrected chi connectivity index (χ0v) is 18.1. The first-order chi connectivity index (χ1) is 15.1. The minimum absolute atomic E-state index is 0.0615. The molecule has 0 saturated heterocycles. The van der Waals surface area contributed by atoms with Gasteiger partial charge in [0.25, 0.3) is 0 Å². The summed E-state index contributed by atoms with van der Waals surface area (Å²) in [6, 6.07) is 15.4. The first-order valence-electron chi connectivity index (χ1n) is 10.4. The summed E-state index contributed by atoms with van der Waals surface area (Å²) in [5, 5.41) is 7.76. The number of ether oxygens (including phenoxy) is 3. The maximum atomic E-state index is 12.3. The fourth-order valence-corrected chi connectivity index (χ4v) is 3.37. The summed E-state index contributed by atoms with van der Waals surface area (Å²) in [5.74, 6) is 2.76. The lowest BCUT2D eigenvalue weighted by molar-refractivity contribution is -0.121. The van der Waals surface area contributed by atoms with Crippen LogP contribution in [0.25, 0.3) is 5.69 Å². The predicted molar refractivity (Wildman–Crippen MR) is 117 cm³/mol. The lowest BCUT2D eigenvalue weighted by Crippen LogP contribution is -2.25. The van der Waals surface area contributed by atoms with Gasteiger partial charge in [-0.15, -0.1) is 0 Å². The highest BCUT2D eigenvalue weighted by molar-refractivity contribution is 5.77. The fraction of sp³-hybridized carbons (Fsp3) is 0.333. The number of rotatable bonds is 9. The molecule has 7 nitrogen and oxygen atoms in total. The van der Waals surface area contributed by atoms with Gasteiger partial charge < -0.3 is 19.5 Å². The van der Waals surface area contributed by atoms with E-state index in [9.17, 15) is 4.79 Å². The molecule has 162 valence electrons. The monoisotopic (exact) mass is 421 g/mol. The second-order valence-electron chi connectivity index (χ2n) is 7.60. The third-order valence-electron chi connectivity index (χ3n) is 5.25. The van der Waals surface area contributed by atoms with Crippen molar-refractivity contribution >= 4 is 5.91 Å². The molecular weight excluding hydrogens is 394 g/mol. The van der Waals surface area contributed by atoms with Gasteiger partial charge in [0, 0.05) is 24.1 Å². The standard InChI is InChI=1S/C24H27N3O4/c1-16-22(13-14-23(28)25-17-7-8-17)24(31-21-6-4-5-20(15-21)30-3)27(26-16)18-9-11-19(29-2)12-10-18/h4-6,9-12,15,17H,7-8,13-14H2,1-3H3,(H,25,28). The first-order valence-corrected chi connectivity index (χ1v) is 10.4. The Hall–Kier alpha value is -3.48. The molecule has 0 radical (unpaired) electrons. The van der Waals surface area contributed by atoms with Crippen molar-refractivity contribution in [3.05, 3.63) is 59.8 Å².